The lowest BCUT2D eigenvalue weighted by Crippen LogP contribution is -2.40. The third kappa shape index (κ3) is 3.70. The first-order valence-corrected chi connectivity index (χ1v) is 13.1. The molecule has 3 aliphatic rings. The third-order valence-corrected chi connectivity index (χ3v) is 8.86. The quantitative estimate of drug-likeness (QED) is 0.558. The van der Waals surface area contributed by atoms with Crippen molar-refractivity contribution in [1.29, 1.82) is 5.26 Å². The number of fused-ring (bicyclic) bond motifs is 2. The number of amides is 2. The summed E-state index contributed by atoms with van der Waals surface area (Å²) in [6.07, 6.45) is 5.56. The Bertz CT molecular complexity index is 1370. The first kappa shape index (κ1) is 22.2. The van der Waals surface area contributed by atoms with E-state index in [1.54, 1.807) is 11.3 Å². The number of nitrogens with zero attached hydrogens (tertiary/aromatic N) is 4. The molecule has 0 bridgehead atoms. The normalized spacial score (nSPS) is 21.0. The minimum absolute atomic E-state index is 0.107. The highest BCUT2D eigenvalue weighted by Crippen LogP contribution is 2.45. The van der Waals surface area contributed by atoms with E-state index in [2.05, 4.69) is 27.3 Å². The van der Waals surface area contributed by atoms with Crippen LogP contribution in [0.1, 0.15) is 54.7 Å². The molecule has 0 saturated carbocycles. The van der Waals surface area contributed by atoms with Crippen LogP contribution in [0.2, 0.25) is 0 Å². The summed E-state index contributed by atoms with van der Waals surface area (Å²) in [5.74, 6) is -0.213. The van der Waals surface area contributed by atoms with Gasteiger partial charge in [0.2, 0.25) is 11.8 Å². The van der Waals surface area contributed by atoms with Gasteiger partial charge in [0.05, 0.1) is 27.9 Å². The first-order valence-electron chi connectivity index (χ1n) is 12.3. The van der Waals surface area contributed by atoms with E-state index in [1.165, 1.54) is 16.2 Å². The summed E-state index contributed by atoms with van der Waals surface area (Å²) >= 11 is 1.59. The fraction of sp³-hybridized carbons (Fsp3) is 0.407. The summed E-state index contributed by atoms with van der Waals surface area (Å²) in [5, 5.41) is 13.3. The number of benzene rings is 1. The monoisotopic (exact) mass is 485 g/mol. The lowest BCUT2D eigenvalue weighted by Gasteiger charge is -2.38. The van der Waals surface area contributed by atoms with E-state index in [-0.39, 0.29) is 30.7 Å². The zero-order valence-electron chi connectivity index (χ0n) is 19.7. The number of pyridine rings is 1. The zero-order chi connectivity index (χ0) is 24.1. The fourth-order valence-corrected chi connectivity index (χ4v) is 7.03. The van der Waals surface area contributed by atoms with Crippen LogP contribution in [0.15, 0.2) is 30.5 Å². The molecule has 0 aliphatic carbocycles. The van der Waals surface area contributed by atoms with Crippen LogP contribution in [0.3, 0.4) is 0 Å². The number of carbonyl (C=O) groups is 2. The van der Waals surface area contributed by atoms with Crippen molar-refractivity contribution >= 4 is 39.1 Å². The maximum atomic E-state index is 12.3. The van der Waals surface area contributed by atoms with E-state index in [9.17, 15) is 14.9 Å². The van der Waals surface area contributed by atoms with Crippen molar-refractivity contribution in [3.8, 4) is 17.2 Å². The average molecular weight is 486 g/mol. The van der Waals surface area contributed by atoms with Gasteiger partial charge >= 0.3 is 0 Å². The van der Waals surface area contributed by atoms with E-state index < -0.39 is 0 Å². The highest BCUT2D eigenvalue weighted by Gasteiger charge is 2.35. The predicted octanol–water partition coefficient (Wildman–Crippen LogP) is 4.16. The summed E-state index contributed by atoms with van der Waals surface area (Å²) in [4.78, 5) is 34.2. The van der Waals surface area contributed by atoms with E-state index in [0.717, 1.165) is 65.1 Å². The molecule has 8 heteroatoms. The van der Waals surface area contributed by atoms with Crippen molar-refractivity contribution in [2.45, 2.75) is 51.1 Å². The molecule has 2 aromatic heterocycles. The van der Waals surface area contributed by atoms with E-state index in [4.69, 9.17) is 0 Å². The molecule has 3 aromatic rings. The van der Waals surface area contributed by atoms with Crippen LogP contribution in [0.5, 0.6) is 0 Å². The summed E-state index contributed by atoms with van der Waals surface area (Å²) in [6.45, 7) is 4.93. The molecule has 5 heterocycles. The number of hydrogen-bond donors (Lipinski definition) is 1. The van der Waals surface area contributed by atoms with Gasteiger partial charge in [0.15, 0.2) is 0 Å². The van der Waals surface area contributed by atoms with Crippen LogP contribution in [-0.2, 0) is 16.0 Å². The third-order valence-electron chi connectivity index (χ3n) is 7.54. The second-order valence-corrected chi connectivity index (χ2v) is 10.7. The van der Waals surface area contributed by atoms with Gasteiger partial charge in [-0.2, -0.15) is 5.26 Å². The van der Waals surface area contributed by atoms with Crippen LogP contribution < -0.4 is 10.2 Å². The Labute approximate surface area is 208 Å². The number of rotatable bonds is 4. The topological polar surface area (TPSA) is 89.3 Å². The van der Waals surface area contributed by atoms with E-state index in [0.29, 0.717) is 11.6 Å². The molecule has 0 radical (unpaired) electrons. The Morgan fingerprint density at radius 1 is 1.17 bits per heavy atom. The average Bonchev–Trinajstić information content (AvgIpc) is 3.62. The SMILES string of the molecule is CC(c1cc2nccc(-c3cc(C#N)cc4c3N([C@H]3CCNC3)CCC4)c2s1)N1C(=O)CCC1=O. The fourth-order valence-electron chi connectivity index (χ4n) is 5.84. The van der Waals surface area contributed by atoms with Crippen molar-refractivity contribution in [3.05, 3.63) is 46.5 Å². The number of imide groups is 1. The Morgan fingerprint density at radius 2 is 2.00 bits per heavy atom. The molecule has 2 fully saturated rings. The van der Waals surface area contributed by atoms with Gasteiger partial charge < -0.3 is 10.2 Å². The molecule has 1 N–H and O–H groups in total. The molecule has 2 atom stereocenters. The lowest BCUT2D eigenvalue weighted by atomic mass is 9.90. The van der Waals surface area contributed by atoms with Crippen molar-refractivity contribution in [3.63, 3.8) is 0 Å². The maximum absolute atomic E-state index is 12.3. The van der Waals surface area contributed by atoms with Gasteiger partial charge in [-0.05, 0) is 62.6 Å². The number of hydrogen-bond acceptors (Lipinski definition) is 7. The van der Waals surface area contributed by atoms with Crippen molar-refractivity contribution in [2.24, 2.45) is 0 Å². The minimum atomic E-state index is -0.315. The smallest absolute Gasteiger partial charge is 0.230 e. The van der Waals surface area contributed by atoms with Gasteiger partial charge in [0, 0.05) is 59.9 Å². The predicted molar refractivity (Wildman–Crippen MR) is 136 cm³/mol. The molecule has 0 spiro atoms. The van der Waals surface area contributed by atoms with Crippen LogP contribution >= 0.6 is 11.3 Å². The van der Waals surface area contributed by atoms with Crippen LogP contribution in [0.25, 0.3) is 21.3 Å². The summed E-state index contributed by atoms with van der Waals surface area (Å²) in [5.41, 5.74) is 6.14. The molecule has 1 unspecified atom stereocenters. The number of aryl methyl sites for hydroxylation is 1. The maximum Gasteiger partial charge on any atom is 0.230 e. The largest absolute Gasteiger partial charge is 0.366 e. The standard InChI is InChI=1S/C27H27N5O2S/c1-16(32-24(33)4-5-25(32)34)23-13-22-27(35-23)20(7-9-30-22)21-12-17(14-28)11-18-3-2-10-31(26(18)21)19-6-8-29-15-19/h7,9,11-13,16,19,29H,2-6,8,10,15H2,1H3/t16?,19-/m0/s1. The number of nitrogens with one attached hydrogen (secondary N) is 1. The first-order chi connectivity index (χ1) is 17.0. The molecule has 7 nitrogen and oxygen atoms in total. The molecule has 6 rings (SSSR count). The summed E-state index contributed by atoms with van der Waals surface area (Å²) < 4.78 is 1.03. The number of aromatic nitrogens is 1. The van der Waals surface area contributed by atoms with Gasteiger partial charge in [-0.25, -0.2) is 0 Å². The van der Waals surface area contributed by atoms with E-state index >= 15 is 0 Å². The Balaban J connectivity index is 1.50. The van der Waals surface area contributed by atoms with Crippen LogP contribution in [0, 0.1) is 11.3 Å². The van der Waals surface area contributed by atoms with Crippen LogP contribution in [-0.4, -0.2) is 47.4 Å². The number of nitriles is 1. The second kappa shape index (κ2) is 8.74. The molecule has 178 valence electrons. The summed E-state index contributed by atoms with van der Waals surface area (Å²) in [7, 11) is 0. The molecule has 1 aromatic carbocycles. The zero-order valence-corrected chi connectivity index (χ0v) is 20.5. The number of thiophene rings is 1. The number of likely N-dealkylation sites (tertiary alicyclic amines) is 1. The molecular weight excluding hydrogens is 458 g/mol. The van der Waals surface area contributed by atoms with E-state index in [1.807, 2.05) is 31.3 Å². The summed E-state index contributed by atoms with van der Waals surface area (Å²) in [6, 6.07) is 10.6. The van der Waals surface area contributed by atoms with Gasteiger partial charge in [-0.15, -0.1) is 11.3 Å². The van der Waals surface area contributed by atoms with Crippen molar-refractivity contribution in [2.75, 3.05) is 24.5 Å². The number of anilines is 1. The highest BCUT2D eigenvalue weighted by atomic mass is 32.1. The van der Waals surface area contributed by atoms with Crippen molar-refractivity contribution < 1.29 is 9.59 Å². The molecular formula is C27H27N5O2S. The van der Waals surface area contributed by atoms with Crippen LogP contribution in [0.4, 0.5) is 5.69 Å². The highest BCUT2D eigenvalue weighted by molar-refractivity contribution is 7.19. The lowest BCUT2D eigenvalue weighted by molar-refractivity contribution is -0.140. The Kier molecular flexibility index (Phi) is 5.54. The van der Waals surface area contributed by atoms with Gasteiger partial charge in [-0.1, -0.05) is 0 Å². The number of carbonyl (C=O) groups excluding carboxylic acids is 2. The van der Waals surface area contributed by atoms with Gasteiger partial charge in [-0.3, -0.25) is 19.5 Å². The van der Waals surface area contributed by atoms with Gasteiger partial charge in [0.1, 0.15) is 0 Å². The Hall–Kier alpha value is -3.28. The molecule has 2 amide bonds. The molecule has 2 saturated heterocycles. The second-order valence-electron chi connectivity index (χ2n) is 9.64. The Morgan fingerprint density at radius 3 is 2.74 bits per heavy atom. The van der Waals surface area contributed by atoms with Gasteiger partial charge in [0.25, 0.3) is 0 Å². The molecule has 35 heavy (non-hydrogen) atoms. The molecule has 3 aliphatic heterocycles. The van der Waals surface area contributed by atoms with Crippen molar-refractivity contribution in [1.82, 2.24) is 15.2 Å². The minimum Gasteiger partial charge on any atom is -0.366 e.